The van der Waals surface area contributed by atoms with Crippen LogP contribution in [0.2, 0.25) is 5.02 Å². The molecule has 1 aliphatic rings. The second-order valence-corrected chi connectivity index (χ2v) is 6.15. The van der Waals surface area contributed by atoms with Gasteiger partial charge in [0.2, 0.25) is 5.91 Å². The molecule has 1 N–H and O–H groups in total. The molecule has 0 unspecified atom stereocenters. The first kappa shape index (κ1) is 17.2. The standard InChI is InChI=1S/C17H18ClN5O2/c1-12(24)22-6-8-23(9-7-22)17(25)15-10-20-16(11-19-15)21-14-4-2-13(18)3-5-14/h2-5,10-11H,6-9H2,1H3,(H,20,21). The number of nitrogens with zero attached hydrogens (tertiary/aromatic N) is 4. The number of carbonyl (C=O) groups excluding carboxylic acids is 2. The van der Waals surface area contributed by atoms with Crippen molar-refractivity contribution in [3.63, 3.8) is 0 Å². The van der Waals surface area contributed by atoms with E-state index in [4.69, 9.17) is 11.6 Å². The van der Waals surface area contributed by atoms with Gasteiger partial charge in [-0.05, 0) is 24.3 Å². The van der Waals surface area contributed by atoms with Crippen LogP contribution in [-0.4, -0.2) is 57.8 Å². The van der Waals surface area contributed by atoms with E-state index < -0.39 is 0 Å². The molecule has 3 rings (SSSR count). The summed E-state index contributed by atoms with van der Waals surface area (Å²) in [5.41, 5.74) is 1.12. The Kier molecular flexibility index (Phi) is 5.14. The molecule has 7 nitrogen and oxygen atoms in total. The number of hydrogen-bond donors (Lipinski definition) is 1. The Morgan fingerprint density at radius 3 is 2.20 bits per heavy atom. The zero-order chi connectivity index (χ0) is 17.8. The fourth-order valence-corrected chi connectivity index (χ4v) is 2.70. The number of hydrogen-bond acceptors (Lipinski definition) is 5. The number of carbonyl (C=O) groups is 2. The molecule has 0 saturated carbocycles. The summed E-state index contributed by atoms with van der Waals surface area (Å²) in [6, 6.07) is 7.21. The molecule has 25 heavy (non-hydrogen) atoms. The lowest BCUT2D eigenvalue weighted by atomic mass is 10.3. The molecule has 2 amide bonds. The monoisotopic (exact) mass is 359 g/mol. The van der Waals surface area contributed by atoms with Crippen molar-refractivity contribution >= 4 is 34.9 Å². The van der Waals surface area contributed by atoms with Crippen LogP contribution in [0, 0.1) is 0 Å². The molecule has 2 aromatic rings. The molecule has 0 spiro atoms. The topological polar surface area (TPSA) is 78.4 Å². The zero-order valence-corrected chi connectivity index (χ0v) is 14.5. The van der Waals surface area contributed by atoms with Gasteiger partial charge in [0.15, 0.2) is 0 Å². The van der Waals surface area contributed by atoms with E-state index in [0.717, 1.165) is 5.69 Å². The predicted molar refractivity (Wildman–Crippen MR) is 94.9 cm³/mol. The Hall–Kier alpha value is -2.67. The maximum absolute atomic E-state index is 12.5. The molecule has 8 heteroatoms. The molecule has 130 valence electrons. The minimum Gasteiger partial charge on any atom is -0.339 e. The van der Waals surface area contributed by atoms with Gasteiger partial charge < -0.3 is 15.1 Å². The summed E-state index contributed by atoms with van der Waals surface area (Å²) < 4.78 is 0. The van der Waals surface area contributed by atoms with Crippen LogP contribution in [0.4, 0.5) is 11.5 Å². The fraction of sp³-hybridized carbons (Fsp3) is 0.294. The number of rotatable bonds is 3. The third kappa shape index (κ3) is 4.24. The third-order valence-corrected chi connectivity index (χ3v) is 4.25. The minimum atomic E-state index is -0.172. The van der Waals surface area contributed by atoms with Crippen LogP contribution in [-0.2, 0) is 4.79 Å². The summed E-state index contributed by atoms with van der Waals surface area (Å²) >= 11 is 5.85. The summed E-state index contributed by atoms with van der Waals surface area (Å²) in [6.07, 6.45) is 2.98. The number of piperazine rings is 1. The molecule has 1 fully saturated rings. The van der Waals surface area contributed by atoms with Gasteiger partial charge in [0.25, 0.3) is 5.91 Å². The molecule has 1 saturated heterocycles. The summed E-state index contributed by atoms with van der Waals surface area (Å²) in [6.45, 7) is 3.64. The Labute approximate surface area is 150 Å². The van der Waals surface area contributed by atoms with E-state index in [0.29, 0.717) is 37.0 Å². The van der Waals surface area contributed by atoms with E-state index in [9.17, 15) is 9.59 Å². The summed E-state index contributed by atoms with van der Waals surface area (Å²) in [4.78, 5) is 35.7. The van der Waals surface area contributed by atoms with Crippen molar-refractivity contribution in [3.8, 4) is 0 Å². The van der Waals surface area contributed by atoms with Crippen LogP contribution in [0.5, 0.6) is 0 Å². The molecular formula is C17H18ClN5O2. The van der Waals surface area contributed by atoms with Gasteiger partial charge >= 0.3 is 0 Å². The normalized spacial score (nSPS) is 14.3. The van der Waals surface area contributed by atoms with Crippen molar-refractivity contribution in [2.75, 3.05) is 31.5 Å². The van der Waals surface area contributed by atoms with Gasteiger partial charge in [-0.25, -0.2) is 9.97 Å². The van der Waals surface area contributed by atoms with Crippen molar-refractivity contribution in [1.29, 1.82) is 0 Å². The number of benzene rings is 1. The largest absolute Gasteiger partial charge is 0.339 e. The van der Waals surface area contributed by atoms with Crippen molar-refractivity contribution in [2.24, 2.45) is 0 Å². The zero-order valence-electron chi connectivity index (χ0n) is 13.8. The smallest absolute Gasteiger partial charge is 0.274 e. The second-order valence-electron chi connectivity index (χ2n) is 5.72. The molecular weight excluding hydrogens is 342 g/mol. The maximum atomic E-state index is 12.5. The van der Waals surface area contributed by atoms with Gasteiger partial charge in [-0.3, -0.25) is 9.59 Å². The Morgan fingerprint density at radius 2 is 1.64 bits per heavy atom. The molecule has 0 bridgehead atoms. The van der Waals surface area contributed by atoms with E-state index >= 15 is 0 Å². The lowest BCUT2D eigenvalue weighted by molar-refractivity contribution is -0.130. The Morgan fingerprint density at radius 1 is 1.00 bits per heavy atom. The van der Waals surface area contributed by atoms with Crippen LogP contribution in [0.25, 0.3) is 0 Å². The highest BCUT2D eigenvalue weighted by Crippen LogP contribution is 2.17. The summed E-state index contributed by atoms with van der Waals surface area (Å²) in [5, 5.41) is 3.75. The number of halogens is 1. The molecule has 0 atom stereocenters. The highest BCUT2D eigenvalue weighted by Gasteiger charge is 2.24. The van der Waals surface area contributed by atoms with Crippen LogP contribution in [0.15, 0.2) is 36.7 Å². The van der Waals surface area contributed by atoms with Crippen LogP contribution in [0.3, 0.4) is 0 Å². The Bertz CT molecular complexity index is 756. The van der Waals surface area contributed by atoms with Crippen molar-refractivity contribution < 1.29 is 9.59 Å². The number of anilines is 2. The average molecular weight is 360 g/mol. The van der Waals surface area contributed by atoms with Crippen molar-refractivity contribution in [1.82, 2.24) is 19.8 Å². The van der Waals surface area contributed by atoms with Gasteiger partial charge in [-0.15, -0.1) is 0 Å². The van der Waals surface area contributed by atoms with Crippen LogP contribution in [0.1, 0.15) is 17.4 Å². The number of amides is 2. The Balaban J connectivity index is 1.61. The van der Waals surface area contributed by atoms with E-state index in [1.165, 1.54) is 19.3 Å². The van der Waals surface area contributed by atoms with Gasteiger partial charge in [0, 0.05) is 43.8 Å². The number of nitrogens with one attached hydrogen (secondary N) is 1. The van der Waals surface area contributed by atoms with Gasteiger partial charge in [-0.2, -0.15) is 0 Å². The first-order chi connectivity index (χ1) is 12.0. The SMILES string of the molecule is CC(=O)N1CCN(C(=O)c2cnc(Nc3ccc(Cl)cc3)cn2)CC1. The molecule has 0 radical (unpaired) electrons. The van der Waals surface area contributed by atoms with Gasteiger partial charge in [-0.1, -0.05) is 11.6 Å². The quantitative estimate of drug-likeness (QED) is 0.908. The van der Waals surface area contributed by atoms with Crippen molar-refractivity contribution in [3.05, 3.63) is 47.4 Å². The second kappa shape index (κ2) is 7.48. The number of aromatic nitrogens is 2. The van der Waals surface area contributed by atoms with Gasteiger partial charge in [0.1, 0.15) is 11.5 Å². The molecule has 1 aromatic carbocycles. The minimum absolute atomic E-state index is 0.0320. The van der Waals surface area contributed by atoms with Crippen molar-refractivity contribution in [2.45, 2.75) is 6.92 Å². The molecule has 2 heterocycles. The maximum Gasteiger partial charge on any atom is 0.274 e. The van der Waals surface area contributed by atoms with Crippen LogP contribution < -0.4 is 5.32 Å². The average Bonchev–Trinajstić information content (AvgIpc) is 2.64. The first-order valence-electron chi connectivity index (χ1n) is 7.92. The lowest BCUT2D eigenvalue weighted by Gasteiger charge is -2.33. The third-order valence-electron chi connectivity index (χ3n) is 4.00. The van der Waals surface area contributed by atoms with Gasteiger partial charge in [0.05, 0.1) is 12.4 Å². The molecule has 1 aliphatic heterocycles. The van der Waals surface area contributed by atoms with E-state index in [-0.39, 0.29) is 17.5 Å². The highest BCUT2D eigenvalue weighted by molar-refractivity contribution is 6.30. The first-order valence-corrected chi connectivity index (χ1v) is 8.30. The predicted octanol–water partition coefficient (Wildman–Crippen LogP) is 2.18. The molecule has 0 aliphatic carbocycles. The van der Waals surface area contributed by atoms with E-state index in [2.05, 4.69) is 15.3 Å². The fourth-order valence-electron chi connectivity index (χ4n) is 2.57. The lowest BCUT2D eigenvalue weighted by Crippen LogP contribution is -2.50. The summed E-state index contributed by atoms with van der Waals surface area (Å²) in [7, 11) is 0. The molecule has 1 aromatic heterocycles. The van der Waals surface area contributed by atoms with E-state index in [1.54, 1.807) is 21.9 Å². The van der Waals surface area contributed by atoms with Crippen LogP contribution >= 0.6 is 11.6 Å². The summed E-state index contributed by atoms with van der Waals surface area (Å²) in [5.74, 6) is 0.401. The highest BCUT2D eigenvalue weighted by atomic mass is 35.5. The van der Waals surface area contributed by atoms with E-state index in [1.807, 2.05) is 12.1 Å².